The lowest BCUT2D eigenvalue weighted by Gasteiger charge is -2.34. The van der Waals surface area contributed by atoms with E-state index in [1.807, 2.05) is 63.3 Å². The number of benzene rings is 2. The normalized spacial score (nSPS) is 12.3. The number of sulfonamides is 1. The first-order valence-electron chi connectivity index (χ1n) is 8.45. The van der Waals surface area contributed by atoms with Crippen LogP contribution in [0.15, 0.2) is 84.0 Å². The molecule has 0 heterocycles. The average molecular weight is 368 g/mol. The fourth-order valence-corrected chi connectivity index (χ4v) is 4.34. The maximum Gasteiger partial charge on any atom is 0.244 e. The van der Waals surface area contributed by atoms with E-state index >= 15 is 0 Å². The highest BCUT2D eigenvalue weighted by molar-refractivity contribution is 7.89. The van der Waals surface area contributed by atoms with E-state index in [0.717, 1.165) is 11.1 Å². The largest absolute Gasteiger partial charge is 0.244 e. The molecule has 2 aromatic rings. The van der Waals surface area contributed by atoms with Crippen LogP contribution in [0, 0.1) is 6.92 Å². The third kappa shape index (κ3) is 4.83. The number of hydrogen-bond acceptors (Lipinski definition) is 2. The monoisotopic (exact) mass is 367 g/mol. The molecular formula is C22H25NO2S. The SMILES string of the molecule is C=C=CC(C)(C)N(C/C=C/c1ccccc1)S(=O)(=O)c1ccc(C)cc1. The highest BCUT2D eigenvalue weighted by Crippen LogP contribution is 2.26. The Kier molecular flexibility index (Phi) is 6.38. The van der Waals surface area contributed by atoms with Crippen LogP contribution < -0.4 is 0 Å². The summed E-state index contributed by atoms with van der Waals surface area (Å²) in [5, 5.41) is 0. The lowest BCUT2D eigenvalue weighted by molar-refractivity contribution is 0.305. The Bertz CT molecular complexity index is 904. The van der Waals surface area contributed by atoms with E-state index in [9.17, 15) is 8.42 Å². The van der Waals surface area contributed by atoms with E-state index in [2.05, 4.69) is 12.3 Å². The van der Waals surface area contributed by atoms with Crippen molar-refractivity contribution >= 4 is 16.1 Å². The van der Waals surface area contributed by atoms with Crippen LogP contribution in [-0.2, 0) is 10.0 Å². The summed E-state index contributed by atoms with van der Waals surface area (Å²) in [5.74, 6) is 0. The van der Waals surface area contributed by atoms with Crippen molar-refractivity contribution in [2.75, 3.05) is 6.54 Å². The van der Waals surface area contributed by atoms with Crippen LogP contribution in [0.3, 0.4) is 0 Å². The first-order chi connectivity index (χ1) is 12.3. The summed E-state index contributed by atoms with van der Waals surface area (Å²) in [4.78, 5) is 0.279. The van der Waals surface area contributed by atoms with Crippen LogP contribution in [-0.4, -0.2) is 24.8 Å². The molecule has 2 aromatic carbocycles. The lowest BCUT2D eigenvalue weighted by Crippen LogP contribution is -2.46. The molecule has 0 bridgehead atoms. The van der Waals surface area contributed by atoms with Gasteiger partial charge in [-0.05, 0) is 44.5 Å². The van der Waals surface area contributed by atoms with E-state index < -0.39 is 15.6 Å². The van der Waals surface area contributed by atoms with Crippen LogP contribution in [0.1, 0.15) is 25.0 Å². The Morgan fingerprint density at radius 1 is 1.08 bits per heavy atom. The summed E-state index contributed by atoms with van der Waals surface area (Å²) >= 11 is 0. The van der Waals surface area contributed by atoms with Gasteiger partial charge in [-0.3, -0.25) is 0 Å². The summed E-state index contributed by atoms with van der Waals surface area (Å²) in [6.07, 6.45) is 5.46. The molecule has 0 atom stereocenters. The van der Waals surface area contributed by atoms with Crippen LogP contribution in [0.5, 0.6) is 0 Å². The summed E-state index contributed by atoms with van der Waals surface area (Å²) in [7, 11) is -3.67. The van der Waals surface area contributed by atoms with Crippen molar-refractivity contribution in [3.8, 4) is 0 Å². The third-order valence-electron chi connectivity index (χ3n) is 4.09. The summed E-state index contributed by atoms with van der Waals surface area (Å²) in [6.45, 7) is 9.46. The molecule has 0 aliphatic carbocycles. The summed E-state index contributed by atoms with van der Waals surface area (Å²) < 4.78 is 27.9. The molecule has 4 heteroatoms. The van der Waals surface area contributed by atoms with Gasteiger partial charge in [0.05, 0.1) is 10.4 Å². The third-order valence-corrected chi connectivity index (χ3v) is 6.16. The maximum atomic E-state index is 13.2. The van der Waals surface area contributed by atoms with Crippen molar-refractivity contribution < 1.29 is 8.42 Å². The molecule has 0 saturated carbocycles. The van der Waals surface area contributed by atoms with Gasteiger partial charge < -0.3 is 0 Å². The molecule has 0 fully saturated rings. The van der Waals surface area contributed by atoms with Gasteiger partial charge in [-0.25, -0.2) is 8.42 Å². The second-order valence-electron chi connectivity index (χ2n) is 6.66. The zero-order valence-electron chi connectivity index (χ0n) is 15.5. The molecule has 0 aliphatic heterocycles. The minimum absolute atomic E-state index is 0.246. The quantitative estimate of drug-likeness (QED) is 0.658. The van der Waals surface area contributed by atoms with Gasteiger partial charge in [-0.15, -0.1) is 5.73 Å². The number of hydrogen-bond donors (Lipinski definition) is 0. The summed E-state index contributed by atoms with van der Waals surface area (Å²) in [5.41, 5.74) is 4.01. The van der Waals surface area contributed by atoms with E-state index in [4.69, 9.17) is 0 Å². The molecular weight excluding hydrogens is 342 g/mol. The van der Waals surface area contributed by atoms with Gasteiger partial charge in [0.2, 0.25) is 10.0 Å². The topological polar surface area (TPSA) is 37.4 Å². The van der Waals surface area contributed by atoms with Crippen molar-refractivity contribution in [2.24, 2.45) is 0 Å². The van der Waals surface area contributed by atoms with Gasteiger partial charge in [0.25, 0.3) is 0 Å². The molecule has 0 unspecified atom stereocenters. The van der Waals surface area contributed by atoms with Crippen LogP contribution in [0.4, 0.5) is 0 Å². The van der Waals surface area contributed by atoms with Gasteiger partial charge in [0, 0.05) is 6.54 Å². The molecule has 0 saturated heterocycles. The summed E-state index contributed by atoms with van der Waals surface area (Å²) in [6, 6.07) is 16.7. The minimum atomic E-state index is -3.67. The molecule has 0 radical (unpaired) electrons. The van der Waals surface area contributed by atoms with E-state index in [-0.39, 0.29) is 11.4 Å². The Morgan fingerprint density at radius 2 is 1.69 bits per heavy atom. The fourth-order valence-electron chi connectivity index (χ4n) is 2.65. The van der Waals surface area contributed by atoms with Crippen LogP contribution in [0.25, 0.3) is 6.08 Å². The molecule has 2 rings (SSSR count). The van der Waals surface area contributed by atoms with Crippen LogP contribution in [0.2, 0.25) is 0 Å². The molecule has 0 N–H and O–H groups in total. The maximum absolute atomic E-state index is 13.2. The molecule has 0 amide bonds. The Balaban J connectivity index is 2.39. The first-order valence-corrected chi connectivity index (χ1v) is 9.89. The van der Waals surface area contributed by atoms with Crippen molar-refractivity contribution in [1.29, 1.82) is 0 Å². The van der Waals surface area contributed by atoms with E-state index in [1.165, 1.54) is 4.31 Å². The molecule has 0 aromatic heterocycles. The molecule has 3 nitrogen and oxygen atoms in total. The van der Waals surface area contributed by atoms with Crippen molar-refractivity contribution in [2.45, 2.75) is 31.2 Å². The van der Waals surface area contributed by atoms with Crippen molar-refractivity contribution in [1.82, 2.24) is 4.31 Å². The first kappa shape index (κ1) is 19.9. The minimum Gasteiger partial charge on any atom is -0.207 e. The second kappa shape index (κ2) is 8.33. The number of aryl methyl sites for hydroxylation is 1. The predicted molar refractivity (Wildman–Crippen MR) is 108 cm³/mol. The van der Waals surface area contributed by atoms with Crippen molar-refractivity contribution in [3.63, 3.8) is 0 Å². The van der Waals surface area contributed by atoms with E-state index in [1.54, 1.807) is 30.3 Å². The lowest BCUT2D eigenvalue weighted by atomic mass is 10.1. The standard InChI is InChI=1S/C22H25NO2S/c1-5-17-22(3,4)23(18-9-12-20-10-7-6-8-11-20)26(24,25)21-15-13-19(2)14-16-21/h6-17H,1,18H2,2-4H3/b12-9+. The van der Waals surface area contributed by atoms with Crippen molar-refractivity contribution in [3.05, 3.63) is 90.2 Å². The molecule has 0 aliphatic rings. The molecule has 136 valence electrons. The Labute approximate surface area is 157 Å². The Hall–Kier alpha value is -2.39. The molecule has 26 heavy (non-hydrogen) atoms. The van der Waals surface area contributed by atoms with Crippen LogP contribution >= 0.6 is 0 Å². The van der Waals surface area contributed by atoms with Gasteiger partial charge in [0.15, 0.2) is 0 Å². The second-order valence-corrected chi connectivity index (χ2v) is 8.53. The van der Waals surface area contributed by atoms with E-state index in [0.29, 0.717) is 0 Å². The van der Waals surface area contributed by atoms with Gasteiger partial charge in [-0.2, -0.15) is 4.31 Å². The fraction of sp³-hybridized carbons (Fsp3) is 0.227. The Morgan fingerprint density at radius 3 is 2.27 bits per heavy atom. The van der Waals surface area contributed by atoms with Gasteiger partial charge in [-0.1, -0.05) is 66.8 Å². The van der Waals surface area contributed by atoms with Gasteiger partial charge in [0.1, 0.15) is 0 Å². The zero-order chi connectivity index (χ0) is 19.2. The highest BCUT2D eigenvalue weighted by Gasteiger charge is 2.34. The predicted octanol–water partition coefficient (Wildman–Crippen LogP) is 4.82. The molecule has 0 spiro atoms. The number of rotatable bonds is 7. The number of nitrogens with zero attached hydrogens (tertiary/aromatic N) is 1. The average Bonchev–Trinajstić information content (AvgIpc) is 2.59. The smallest absolute Gasteiger partial charge is 0.207 e. The van der Waals surface area contributed by atoms with Gasteiger partial charge >= 0.3 is 0 Å². The zero-order valence-corrected chi connectivity index (χ0v) is 16.3. The highest BCUT2D eigenvalue weighted by atomic mass is 32.2.